The molecule has 2 unspecified atom stereocenters. The predicted molar refractivity (Wildman–Crippen MR) is 92.8 cm³/mol. The maximum atomic E-state index is 11.4. The van der Waals surface area contributed by atoms with Gasteiger partial charge >= 0.3 is 0 Å². The highest BCUT2D eigenvalue weighted by atomic mass is 32.1. The lowest BCUT2D eigenvalue weighted by Crippen LogP contribution is -2.43. The van der Waals surface area contributed by atoms with Gasteiger partial charge in [-0.1, -0.05) is 12.1 Å². The number of rotatable bonds is 2. The lowest BCUT2D eigenvalue weighted by atomic mass is 9.87. The number of nitrogens with one attached hydrogen (secondary N) is 2. The monoisotopic (exact) mass is 330 g/mol. The molecule has 3 N–H and O–H groups in total. The Morgan fingerprint density at radius 3 is 2.78 bits per heavy atom. The summed E-state index contributed by atoms with van der Waals surface area (Å²) in [4.78, 5) is 11.4. The van der Waals surface area contributed by atoms with Crippen molar-refractivity contribution in [3.8, 4) is 0 Å². The minimum atomic E-state index is -0.766. The van der Waals surface area contributed by atoms with E-state index in [9.17, 15) is 9.90 Å². The maximum absolute atomic E-state index is 11.4. The number of thiophene rings is 1. The van der Waals surface area contributed by atoms with Crippen LogP contribution in [0.2, 0.25) is 0 Å². The Labute approximate surface area is 139 Å². The fourth-order valence-electron chi connectivity index (χ4n) is 3.87. The Kier molecular flexibility index (Phi) is 4.09. The number of aliphatic hydroxyl groups excluding tert-OH is 1. The van der Waals surface area contributed by atoms with Crippen LogP contribution in [-0.4, -0.2) is 30.3 Å². The average molecular weight is 330 g/mol. The van der Waals surface area contributed by atoms with Gasteiger partial charge in [-0.05, 0) is 66.2 Å². The molecule has 2 fully saturated rings. The van der Waals surface area contributed by atoms with E-state index in [1.165, 1.54) is 34.1 Å². The highest BCUT2D eigenvalue weighted by Gasteiger charge is 2.30. The van der Waals surface area contributed by atoms with Crippen LogP contribution in [0.15, 0.2) is 23.6 Å². The van der Waals surface area contributed by atoms with Crippen molar-refractivity contribution in [2.75, 3.05) is 13.1 Å². The van der Waals surface area contributed by atoms with E-state index in [4.69, 9.17) is 0 Å². The van der Waals surface area contributed by atoms with Crippen LogP contribution in [0.3, 0.4) is 0 Å². The first-order valence-electron chi connectivity index (χ1n) is 8.41. The number of fused-ring (bicyclic) bond motifs is 1. The number of hydrogen-bond acceptors (Lipinski definition) is 4. The summed E-state index contributed by atoms with van der Waals surface area (Å²) in [6.45, 7) is 2.21. The normalized spacial score (nSPS) is 26.4. The van der Waals surface area contributed by atoms with Crippen molar-refractivity contribution in [1.29, 1.82) is 0 Å². The zero-order valence-electron chi connectivity index (χ0n) is 13.0. The van der Waals surface area contributed by atoms with E-state index in [0.29, 0.717) is 12.3 Å². The van der Waals surface area contributed by atoms with Crippen LogP contribution >= 0.6 is 11.3 Å². The van der Waals surface area contributed by atoms with E-state index < -0.39 is 6.23 Å². The highest BCUT2D eigenvalue weighted by Crippen LogP contribution is 2.38. The largest absolute Gasteiger partial charge is 0.373 e. The van der Waals surface area contributed by atoms with Gasteiger partial charge in [0.05, 0.1) is 0 Å². The van der Waals surface area contributed by atoms with Gasteiger partial charge in [0.2, 0.25) is 5.91 Å². The summed E-state index contributed by atoms with van der Waals surface area (Å²) in [6.07, 6.45) is 2.85. The molecular formula is C18H22N2O2S. The van der Waals surface area contributed by atoms with Gasteiger partial charge in [-0.3, -0.25) is 4.79 Å². The molecule has 3 heterocycles. The fourth-order valence-corrected chi connectivity index (χ4v) is 4.94. The second-order valence-corrected chi connectivity index (χ2v) is 7.54. The maximum Gasteiger partial charge on any atom is 0.222 e. The van der Waals surface area contributed by atoms with Gasteiger partial charge in [0.15, 0.2) is 0 Å². The molecule has 122 valence electrons. The summed E-state index contributed by atoms with van der Waals surface area (Å²) in [7, 11) is 0. The highest BCUT2D eigenvalue weighted by molar-refractivity contribution is 7.17. The predicted octanol–water partition coefficient (Wildman–Crippen LogP) is 2.68. The summed E-state index contributed by atoms with van der Waals surface area (Å²) in [5.74, 6) is 0.610. The molecule has 0 radical (unpaired) electrons. The molecule has 0 spiro atoms. The molecule has 1 aromatic heterocycles. The number of carbonyl (C=O) groups excluding carboxylic acids is 1. The second kappa shape index (κ2) is 6.23. The Hall–Kier alpha value is -1.43. The molecule has 0 saturated carbocycles. The molecule has 0 bridgehead atoms. The van der Waals surface area contributed by atoms with Crippen LogP contribution in [0.25, 0.3) is 10.1 Å². The van der Waals surface area contributed by atoms with E-state index in [1.54, 1.807) is 11.3 Å². The number of amides is 1. The molecule has 2 aliphatic rings. The van der Waals surface area contributed by atoms with Crippen molar-refractivity contribution in [3.05, 3.63) is 34.7 Å². The van der Waals surface area contributed by atoms with E-state index in [2.05, 4.69) is 34.2 Å². The zero-order chi connectivity index (χ0) is 15.8. The standard InChI is InChI=1S/C18H22N2O2S/c21-17-4-3-14(18(22)20-17)15-10-23-16-9-12(1-2-13(15)16)11-5-7-19-8-6-11/h1-2,9-11,14,18-19,22H,3-8H2,(H,20,21). The number of benzene rings is 1. The van der Waals surface area contributed by atoms with Gasteiger partial charge in [-0.2, -0.15) is 0 Å². The Balaban J connectivity index is 1.63. The number of piperidine rings is 2. The van der Waals surface area contributed by atoms with E-state index >= 15 is 0 Å². The molecule has 2 aliphatic heterocycles. The van der Waals surface area contributed by atoms with Gasteiger partial charge < -0.3 is 15.7 Å². The molecule has 4 nitrogen and oxygen atoms in total. The smallest absolute Gasteiger partial charge is 0.222 e. The van der Waals surface area contributed by atoms with Gasteiger partial charge in [0, 0.05) is 17.0 Å². The van der Waals surface area contributed by atoms with Crippen LogP contribution in [-0.2, 0) is 4.79 Å². The fraction of sp³-hybridized carbons (Fsp3) is 0.500. The average Bonchev–Trinajstić information content (AvgIpc) is 2.99. The summed E-state index contributed by atoms with van der Waals surface area (Å²) < 4.78 is 1.29. The minimum Gasteiger partial charge on any atom is -0.373 e. The first kappa shape index (κ1) is 15.1. The number of aliphatic hydroxyl groups is 1. The lowest BCUT2D eigenvalue weighted by molar-refractivity contribution is -0.127. The minimum absolute atomic E-state index is 0.00572. The third-order valence-electron chi connectivity index (χ3n) is 5.21. The Morgan fingerprint density at radius 2 is 2.00 bits per heavy atom. The van der Waals surface area contributed by atoms with Crippen LogP contribution in [0.5, 0.6) is 0 Å². The number of hydrogen-bond donors (Lipinski definition) is 3. The molecule has 5 heteroatoms. The van der Waals surface area contributed by atoms with Crippen LogP contribution in [0, 0.1) is 0 Å². The summed E-state index contributed by atoms with van der Waals surface area (Å²) in [5.41, 5.74) is 2.61. The molecule has 1 amide bonds. The molecule has 0 aliphatic carbocycles. The van der Waals surface area contributed by atoms with Crippen molar-refractivity contribution in [1.82, 2.24) is 10.6 Å². The zero-order valence-corrected chi connectivity index (χ0v) is 13.9. The molecule has 2 saturated heterocycles. The van der Waals surface area contributed by atoms with E-state index in [1.807, 2.05) is 0 Å². The Morgan fingerprint density at radius 1 is 1.17 bits per heavy atom. The molecule has 23 heavy (non-hydrogen) atoms. The second-order valence-electron chi connectivity index (χ2n) is 6.63. The number of carbonyl (C=O) groups is 1. The third-order valence-corrected chi connectivity index (χ3v) is 6.18. The van der Waals surface area contributed by atoms with E-state index in [-0.39, 0.29) is 11.8 Å². The van der Waals surface area contributed by atoms with Crippen molar-refractivity contribution < 1.29 is 9.90 Å². The van der Waals surface area contributed by atoms with Gasteiger partial charge in [0.1, 0.15) is 6.23 Å². The Bertz CT molecular complexity index is 721. The van der Waals surface area contributed by atoms with Gasteiger partial charge in [0.25, 0.3) is 0 Å². The molecular weight excluding hydrogens is 308 g/mol. The SMILES string of the molecule is O=C1CCC(c2csc3cc(C4CCNCC4)ccc23)C(O)N1. The van der Waals surface area contributed by atoms with E-state index in [0.717, 1.165) is 19.5 Å². The van der Waals surface area contributed by atoms with Crippen LogP contribution < -0.4 is 10.6 Å². The first-order valence-corrected chi connectivity index (χ1v) is 9.29. The molecule has 1 aromatic carbocycles. The van der Waals surface area contributed by atoms with Crippen molar-refractivity contribution in [2.24, 2.45) is 0 Å². The first-order chi connectivity index (χ1) is 11.2. The quantitative estimate of drug-likeness (QED) is 0.793. The summed E-state index contributed by atoms with van der Waals surface area (Å²) >= 11 is 1.75. The summed E-state index contributed by atoms with van der Waals surface area (Å²) in [6, 6.07) is 6.79. The lowest BCUT2D eigenvalue weighted by Gasteiger charge is -2.28. The van der Waals surface area contributed by atoms with Crippen LogP contribution in [0.4, 0.5) is 0 Å². The van der Waals surface area contributed by atoms with Crippen LogP contribution in [0.1, 0.15) is 48.6 Å². The molecule has 2 aromatic rings. The third kappa shape index (κ3) is 2.89. The summed E-state index contributed by atoms with van der Waals surface area (Å²) in [5, 5.41) is 19.7. The molecule has 4 rings (SSSR count). The van der Waals surface area contributed by atoms with Gasteiger partial charge in [-0.25, -0.2) is 0 Å². The van der Waals surface area contributed by atoms with Crippen molar-refractivity contribution in [2.45, 2.75) is 43.7 Å². The van der Waals surface area contributed by atoms with Crippen molar-refractivity contribution >= 4 is 27.3 Å². The van der Waals surface area contributed by atoms with Crippen molar-refractivity contribution in [3.63, 3.8) is 0 Å². The topological polar surface area (TPSA) is 61.4 Å². The molecule has 2 atom stereocenters. The van der Waals surface area contributed by atoms with Gasteiger partial charge in [-0.15, -0.1) is 11.3 Å².